The quantitative estimate of drug-likeness (QED) is 0.527. The zero-order chi connectivity index (χ0) is 25.1. The average molecular weight is 479 g/mol. The largest absolute Gasteiger partial charge is 0.384 e. The van der Waals surface area contributed by atoms with Crippen LogP contribution in [0.3, 0.4) is 0 Å². The molecule has 1 aromatic carbocycles. The van der Waals surface area contributed by atoms with Crippen molar-refractivity contribution in [2.75, 3.05) is 23.7 Å². The van der Waals surface area contributed by atoms with Crippen LogP contribution < -0.4 is 21.7 Å². The van der Waals surface area contributed by atoms with Crippen LogP contribution in [0.25, 0.3) is 0 Å². The Labute approximate surface area is 205 Å². The number of aromatic nitrogens is 1. The number of carbonyl (C=O) groups excluding carboxylic acids is 3. The van der Waals surface area contributed by atoms with E-state index in [1.807, 2.05) is 54.0 Å². The number of benzene rings is 1. The topological polar surface area (TPSA) is 135 Å². The number of primary amides is 1. The molecular weight excluding hydrogens is 444 g/mol. The van der Waals surface area contributed by atoms with Crippen LogP contribution in [0.4, 0.5) is 11.5 Å². The maximum atomic E-state index is 12.9. The number of nitrogens with one attached hydrogen (secondary N) is 1. The highest BCUT2D eigenvalue weighted by Gasteiger charge is 2.40. The van der Waals surface area contributed by atoms with Crippen molar-refractivity contribution in [3.8, 4) is 0 Å². The van der Waals surface area contributed by atoms with Gasteiger partial charge in [-0.3, -0.25) is 19.3 Å². The average Bonchev–Trinajstić information content (AvgIpc) is 3.45. The zero-order valence-corrected chi connectivity index (χ0v) is 20.4. The number of anilines is 2. The molecule has 2 fully saturated rings. The van der Waals surface area contributed by atoms with Crippen LogP contribution in [0.2, 0.25) is 0 Å². The summed E-state index contributed by atoms with van der Waals surface area (Å²) < 4.78 is 0. The molecule has 3 atom stereocenters. The number of nitrogen functional groups attached to an aromatic ring is 1. The Bertz CT molecular complexity index is 1100. The molecule has 2 aliphatic heterocycles. The lowest BCUT2D eigenvalue weighted by Crippen LogP contribution is -2.51. The van der Waals surface area contributed by atoms with Gasteiger partial charge in [-0.1, -0.05) is 18.2 Å². The van der Waals surface area contributed by atoms with Gasteiger partial charge in [0.1, 0.15) is 5.82 Å². The Morgan fingerprint density at radius 1 is 1.20 bits per heavy atom. The number of nitrogens with two attached hydrogens (primary N) is 2. The van der Waals surface area contributed by atoms with Gasteiger partial charge in [0.05, 0.1) is 12.1 Å². The highest BCUT2D eigenvalue weighted by molar-refractivity contribution is 5.95. The summed E-state index contributed by atoms with van der Waals surface area (Å²) in [5.41, 5.74) is 15.1. The summed E-state index contributed by atoms with van der Waals surface area (Å²) in [6.07, 6.45) is 2.89. The Hall–Kier alpha value is -3.46. The van der Waals surface area contributed by atoms with Crippen molar-refractivity contribution in [3.05, 3.63) is 53.2 Å². The number of hydrogen-bond donors (Lipinski definition) is 3. The van der Waals surface area contributed by atoms with E-state index in [1.165, 1.54) is 0 Å². The second kappa shape index (κ2) is 10.4. The molecule has 2 aliphatic rings. The van der Waals surface area contributed by atoms with Crippen molar-refractivity contribution in [1.29, 1.82) is 0 Å². The van der Waals surface area contributed by atoms with Crippen LogP contribution in [-0.4, -0.2) is 52.8 Å². The normalized spacial score (nSPS) is 21.3. The third-order valence-corrected chi connectivity index (χ3v) is 7.15. The van der Waals surface area contributed by atoms with Gasteiger partial charge >= 0.3 is 0 Å². The molecule has 0 spiro atoms. The minimum Gasteiger partial charge on any atom is -0.384 e. The summed E-state index contributed by atoms with van der Waals surface area (Å²) in [6, 6.07) is 10.6. The third-order valence-electron chi connectivity index (χ3n) is 7.15. The van der Waals surface area contributed by atoms with E-state index >= 15 is 0 Å². The van der Waals surface area contributed by atoms with Gasteiger partial charge in [0.25, 0.3) is 0 Å². The second-order valence-corrected chi connectivity index (χ2v) is 9.61. The molecule has 9 nitrogen and oxygen atoms in total. The number of likely N-dealkylation sites (tertiary alicyclic amines) is 1. The van der Waals surface area contributed by atoms with Crippen molar-refractivity contribution < 1.29 is 14.4 Å². The van der Waals surface area contributed by atoms with Gasteiger partial charge in [-0.25, -0.2) is 4.98 Å². The Balaban J connectivity index is 1.36. The zero-order valence-electron chi connectivity index (χ0n) is 20.4. The minimum atomic E-state index is -0.497. The molecule has 35 heavy (non-hydrogen) atoms. The molecule has 0 radical (unpaired) electrons. The van der Waals surface area contributed by atoms with Crippen molar-refractivity contribution in [3.63, 3.8) is 0 Å². The summed E-state index contributed by atoms with van der Waals surface area (Å²) in [6.45, 7) is 5.38. The summed E-state index contributed by atoms with van der Waals surface area (Å²) in [5, 5.41) is 2.95. The molecule has 186 valence electrons. The van der Waals surface area contributed by atoms with Crippen LogP contribution in [0.1, 0.15) is 43.0 Å². The second-order valence-electron chi connectivity index (χ2n) is 9.61. The molecule has 3 amide bonds. The number of hydrogen-bond acceptors (Lipinski definition) is 6. The highest BCUT2D eigenvalue weighted by atomic mass is 16.2. The summed E-state index contributed by atoms with van der Waals surface area (Å²) >= 11 is 0. The van der Waals surface area contributed by atoms with E-state index < -0.39 is 18.0 Å². The van der Waals surface area contributed by atoms with Crippen molar-refractivity contribution >= 4 is 29.2 Å². The van der Waals surface area contributed by atoms with Gasteiger partial charge in [-0.15, -0.1) is 0 Å². The number of rotatable bonds is 8. The first-order valence-corrected chi connectivity index (χ1v) is 12.2. The molecule has 1 aromatic heterocycles. The number of carbonyl (C=O) groups is 3. The smallest absolute Gasteiger partial charge is 0.237 e. The first-order chi connectivity index (χ1) is 16.7. The molecule has 3 heterocycles. The highest BCUT2D eigenvalue weighted by Crippen LogP contribution is 2.29. The van der Waals surface area contributed by atoms with Crippen LogP contribution in [0.5, 0.6) is 0 Å². The molecule has 0 saturated carbocycles. The molecular formula is C26H34N6O3. The molecule has 9 heteroatoms. The van der Waals surface area contributed by atoms with Gasteiger partial charge in [-0.05, 0) is 68.4 Å². The Morgan fingerprint density at radius 2 is 1.94 bits per heavy atom. The third kappa shape index (κ3) is 5.62. The number of amides is 3. The Morgan fingerprint density at radius 3 is 2.57 bits per heavy atom. The van der Waals surface area contributed by atoms with Crippen LogP contribution in [0, 0.1) is 12.8 Å². The van der Waals surface area contributed by atoms with E-state index in [4.69, 9.17) is 11.5 Å². The lowest BCUT2D eigenvalue weighted by atomic mass is 9.96. The predicted molar refractivity (Wildman–Crippen MR) is 134 cm³/mol. The fraction of sp³-hybridized carbons (Fsp3) is 0.462. The van der Waals surface area contributed by atoms with Crippen LogP contribution in [-0.2, 0) is 27.3 Å². The SMILES string of the molecule is Cc1nc(N)ccc1CNC(=O)[C@H](C)N1CC(Cc2ccc(N3CCCC3=O)cc2)CC1C(N)=O. The minimum absolute atomic E-state index is 0.159. The van der Waals surface area contributed by atoms with E-state index in [2.05, 4.69) is 10.3 Å². The van der Waals surface area contributed by atoms with E-state index in [0.717, 1.165) is 41.9 Å². The Kier molecular flexibility index (Phi) is 7.35. The summed E-state index contributed by atoms with van der Waals surface area (Å²) in [5.74, 6) is 0.244. The number of nitrogens with zero attached hydrogens (tertiary/aromatic N) is 3. The molecule has 0 aliphatic carbocycles. The monoisotopic (exact) mass is 478 g/mol. The van der Waals surface area contributed by atoms with E-state index in [-0.39, 0.29) is 17.7 Å². The molecule has 4 rings (SSSR count). The first kappa shape index (κ1) is 24.7. The van der Waals surface area contributed by atoms with Gasteiger partial charge in [0.15, 0.2) is 0 Å². The maximum Gasteiger partial charge on any atom is 0.237 e. The van der Waals surface area contributed by atoms with E-state index in [0.29, 0.717) is 31.7 Å². The van der Waals surface area contributed by atoms with Crippen LogP contribution >= 0.6 is 0 Å². The fourth-order valence-electron chi connectivity index (χ4n) is 5.15. The number of aryl methyl sites for hydroxylation is 1. The lowest BCUT2D eigenvalue weighted by Gasteiger charge is -2.28. The van der Waals surface area contributed by atoms with Gasteiger partial charge in [0, 0.05) is 37.4 Å². The molecule has 2 saturated heterocycles. The van der Waals surface area contributed by atoms with Crippen molar-refractivity contribution in [1.82, 2.24) is 15.2 Å². The van der Waals surface area contributed by atoms with E-state index in [9.17, 15) is 14.4 Å². The predicted octanol–water partition coefficient (Wildman–Crippen LogP) is 1.52. The van der Waals surface area contributed by atoms with Crippen molar-refractivity contribution in [2.24, 2.45) is 11.7 Å². The first-order valence-electron chi connectivity index (χ1n) is 12.2. The van der Waals surface area contributed by atoms with E-state index in [1.54, 1.807) is 6.07 Å². The van der Waals surface area contributed by atoms with Gasteiger partial charge in [-0.2, -0.15) is 0 Å². The molecule has 2 unspecified atom stereocenters. The van der Waals surface area contributed by atoms with Crippen molar-refractivity contribution in [2.45, 2.75) is 58.2 Å². The fourth-order valence-corrected chi connectivity index (χ4v) is 5.15. The van der Waals surface area contributed by atoms with Crippen LogP contribution in [0.15, 0.2) is 36.4 Å². The maximum absolute atomic E-state index is 12.9. The lowest BCUT2D eigenvalue weighted by molar-refractivity contribution is -0.129. The molecule has 0 bridgehead atoms. The molecule has 2 aromatic rings. The summed E-state index contributed by atoms with van der Waals surface area (Å²) in [7, 11) is 0. The standard InChI is InChI=1S/C26H34N6O3/c1-16-20(7-10-23(27)30-16)14-29-26(35)17(2)32-15-19(13-22(32)25(28)34)12-18-5-8-21(9-6-18)31-11-3-4-24(31)33/h5-10,17,19,22H,3-4,11-15H2,1-2H3,(H2,27,30)(H2,28,34)(H,29,35)/t17-,19?,22?/m0/s1. The molecule has 5 N–H and O–H groups in total. The summed E-state index contributed by atoms with van der Waals surface area (Å²) in [4.78, 5) is 45.1. The van der Waals surface area contributed by atoms with Gasteiger partial charge < -0.3 is 21.7 Å². The number of pyridine rings is 1. The van der Waals surface area contributed by atoms with Gasteiger partial charge in [0.2, 0.25) is 17.7 Å².